The monoisotopic (exact) mass is 323 g/mol. The smallest absolute Gasteiger partial charge is 0.395 e. The summed E-state index contributed by atoms with van der Waals surface area (Å²) in [5.41, 5.74) is -0.0857. The molecule has 2 aromatic rings. The van der Waals surface area contributed by atoms with Gasteiger partial charge in [0, 0.05) is 18.7 Å². The van der Waals surface area contributed by atoms with Gasteiger partial charge in [0.25, 0.3) is 5.91 Å². The molecule has 0 fully saturated rings. The van der Waals surface area contributed by atoms with E-state index in [1.54, 1.807) is 12.1 Å². The highest BCUT2D eigenvalue weighted by Gasteiger charge is 2.31. The minimum Gasteiger partial charge on any atom is -0.395 e. The highest BCUT2D eigenvalue weighted by molar-refractivity contribution is 5.94. The number of carbonyl (C=O) groups is 1. The molecule has 1 N–H and O–H groups in total. The number of nitrogens with zero attached hydrogens (tertiary/aromatic N) is 1. The fourth-order valence-corrected chi connectivity index (χ4v) is 2.19. The van der Waals surface area contributed by atoms with Crippen molar-refractivity contribution in [3.8, 4) is 0 Å². The standard InChI is InChI=1S/C17H16F3NO2/c18-17(19,20)15-8-4-7-14(11-15)16(23)21(9-10-22)12-13-5-2-1-3-6-13/h1-8,11,22H,9-10,12H2. The lowest BCUT2D eigenvalue weighted by Crippen LogP contribution is -2.33. The summed E-state index contributed by atoms with van der Waals surface area (Å²) >= 11 is 0. The second kappa shape index (κ2) is 7.28. The number of aliphatic hydroxyl groups excluding tert-OH is 1. The van der Waals surface area contributed by atoms with Gasteiger partial charge in [0.1, 0.15) is 0 Å². The second-order valence-electron chi connectivity index (χ2n) is 5.01. The van der Waals surface area contributed by atoms with E-state index in [1.165, 1.54) is 17.0 Å². The number of hydrogen-bond acceptors (Lipinski definition) is 2. The summed E-state index contributed by atoms with van der Waals surface area (Å²) in [5, 5.41) is 9.12. The van der Waals surface area contributed by atoms with E-state index in [4.69, 9.17) is 5.11 Å². The number of hydrogen-bond donors (Lipinski definition) is 1. The normalized spacial score (nSPS) is 11.3. The first-order chi connectivity index (χ1) is 10.9. The fourth-order valence-electron chi connectivity index (χ4n) is 2.19. The van der Waals surface area contributed by atoms with Crippen LogP contribution in [0, 0.1) is 0 Å². The lowest BCUT2D eigenvalue weighted by molar-refractivity contribution is -0.137. The molecule has 0 atom stereocenters. The van der Waals surface area contributed by atoms with E-state index in [1.807, 2.05) is 18.2 Å². The molecule has 0 spiro atoms. The van der Waals surface area contributed by atoms with Crippen LogP contribution in [0.3, 0.4) is 0 Å². The molecule has 2 aromatic carbocycles. The van der Waals surface area contributed by atoms with E-state index in [0.29, 0.717) is 0 Å². The molecule has 0 radical (unpaired) electrons. The molecule has 0 bridgehead atoms. The Morgan fingerprint density at radius 1 is 1.04 bits per heavy atom. The van der Waals surface area contributed by atoms with Crippen molar-refractivity contribution in [1.29, 1.82) is 0 Å². The SMILES string of the molecule is O=C(c1cccc(C(F)(F)F)c1)N(CCO)Cc1ccccc1. The van der Waals surface area contributed by atoms with E-state index >= 15 is 0 Å². The van der Waals surface area contributed by atoms with Crippen LogP contribution in [0.2, 0.25) is 0 Å². The van der Waals surface area contributed by atoms with Gasteiger partial charge in [-0.2, -0.15) is 13.2 Å². The van der Waals surface area contributed by atoms with Crippen molar-refractivity contribution in [2.45, 2.75) is 12.7 Å². The highest BCUT2D eigenvalue weighted by atomic mass is 19.4. The van der Waals surface area contributed by atoms with E-state index in [0.717, 1.165) is 17.7 Å². The van der Waals surface area contributed by atoms with Crippen molar-refractivity contribution in [3.63, 3.8) is 0 Å². The molecule has 0 aliphatic heterocycles. The van der Waals surface area contributed by atoms with Gasteiger partial charge < -0.3 is 10.0 Å². The maximum atomic E-state index is 12.8. The molecule has 0 aliphatic carbocycles. The van der Waals surface area contributed by atoms with Crippen LogP contribution in [0.1, 0.15) is 21.5 Å². The Balaban J connectivity index is 2.24. The maximum absolute atomic E-state index is 12.8. The van der Waals surface area contributed by atoms with Crippen molar-refractivity contribution < 1.29 is 23.1 Å². The second-order valence-corrected chi connectivity index (χ2v) is 5.01. The summed E-state index contributed by atoms with van der Waals surface area (Å²) in [6.07, 6.45) is -4.50. The average Bonchev–Trinajstić information content (AvgIpc) is 2.54. The van der Waals surface area contributed by atoms with Crippen LogP contribution in [0.15, 0.2) is 54.6 Å². The molecular formula is C17H16F3NO2. The number of rotatable bonds is 5. The Kier molecular flexibility index (Phi) is 5.39. The van der Waals surface area contributed by atoms with E-state index in [9.17, 15) is 18.0 Å². The zero-order chi connectivity index (χ0) is 16.9. The predicted octanol–water partition coefficient (Wildman–Crippen LogP) is 3.34. The van der Waals surface area contributed by atoms with Crippen LogP contribution in [-0.2, 0) is 12.7 Å². The molecule has 0 unspecified atom stereocenters. The Hall–Kier alpha value is -2.34. The summed E-state index contributed by atoms with van der Waals surface area (Å²) in [4.78, 5) is 13.8. The molecule has 0 aromatic heterocycles. The molecule has 0 heterocycles. The first kappa shape index (κ1) is 17.0. The third kappa shape index (κ3) is 4.56. The Labute approximate surface area is 132 Å². The molecular weight excluding hydrogens is 307 g/mol. The molecule has 2 rings (SSSR count). The van der Waals surface area contributed by atoms with Crippen molar-refractivity contribution >= 4 is 5.91 Å². The van der Waals surface area contributed by atoms with Crippen molar-refractivity contribution in [1.82, 2.24) is 4.90 Å². The highest BCUT2D eigenvalue weighted by Crippen LogP contribution is 2.29. The Bertz CT molecular complexity index is 656. The molecule has 122 valence electrons. The summed E-state index contributed by atoms with van der Waals surface area (Å²) in [6.45, 7) is -0.00200. The molecule has 3 nitrogen and oxygen atoms in total. The lowest BCUT2D eigenvalue weighted by Gasteiger charge is -2.22. The van der Waals surface area contributed by atoms with Crippen LogP contribution >= 0.6 is 0 Å². The molecule has 1 amide bonds. The van der Waals surface area contributed by atoms with E-state index in [2.05, 4.69) is 0 Å². The minimum atomic E-state index is -4.50. The van der Waals surface area contributed by atoms with Gasteiger partial charge in [-0.25, -0.2) is 0 Å². The molecule has 0 aliphatic rings. The number of halogens is 3. The largest absolute Gasteiger partial charge is 0.416 e. The van der Waals surface area contributed by atoms with Gasteiger partial charge in [-0.15, -0.1) is 0 Å². The number of alkyl halides is 3. The fraction of sp³-hybridized carbons (Fsp3) is 0.235. The van der Waals surface area contributed by atoms with Gasteiger partial charge in [0.15, 0.2) is 0 Å². The topological polar surface area (TPSA) is 40.5 Å². The van der Waals surface area contributed by atoms with Gasteiger partial charge in [0.05, 0.1) is 12.2 Å². The predicted molar refractivity (Wildman–Crippen MR) is 79.7 cm³/mol. The summed E-state index contributed by atoms with van der Waals surface area (Å²) in [7, 11) is 0. The number of aliphatic hydroxyl groups is 1. The van der Waals surface area contributed by atoms with Crippen molar-refractivity contribution in [2.75, 3.05) is 13.2 Å². The van der Waals surface area contributed by atoms with Crippen LogP contribution in [-0.4, -0.2) is 29.1 Å². The third-order valence-corrected chi connectivity index (χ3v) is 3.31. The third-order valence-electron chi connectivity index (χ3n) is 3.31. The number of carbonyl (C=O) groups excluding carboxylic acids is 1. The molecule has 23 heavy (non-hydrogen) atoms. The molecule has 0 saturated heterocycles. The first-order valence-corrected chi connectivity index (χ1v) is 7.03. The van der Waals surface area contributed by atoms with Crippen LogP contribution in [0.25, 0.3) is 0 Å². The zero-order valence-corrected chi connectivity index (χ0v) is 12.3. The van der Waals surface area contributed by atoms with Gasteiger partial charge in [-0.05, 0) is 23.8 Å². The maximum Gasteiger partial charge on any atom is 0.416 e. The average molecular weight is 323 g/mol. The first-order valence-electron chi connectivity index (χ1n) is 7.03. The quantitative estimate of drug-likeness (QED) is 0.917. The summed E-state index contributed by atoms with van der Waals surface area (Å²) in [6, 6.07) is 13.4. The van der Waals surface area contributed by atoms with Crippen molar-refractivity contribution in [2.24, 2.45) is 0 Å². The summed E-state index contributed by atoms with van der Waals surface area (Å²) in [5.74, 6) is -0.547. The Morgan fingerprint density at radius 3 is 2.35 bits per heavy atom. The van der Waals surface area contributed by atoms with Crippen LogP contribution in [0.5, 0.6) is 0 Å². The van der Waals surface area contributed by atoms with Crippen molar-refractivity contribution in [3.05, 3.63) is 71.3 Å². The minimum absolute atomic E-state index is 0.0456. The molecule has 0 saturated carbocycles. The van der Waals surface area contributed by atoms with Gasteiger partial charge >= 0.3 is 6.18 Å². The van der Waals surface area contributed by atoms with E-state index in [-0.39, 0.29) is 25.3 Å². The van der Waals surface area contributed by atoms with Gasteiger partial charge in [0.2, 0.25) is 0 Å². The number of benzene rings is 2. The summed E-state index contributed by atoms with van der Waals surface area (Å²) < 4.78 is 38.3. The van der Waals surface area contributed by atoms with Gasteiger partial charge in [-0.3, -0.25) is 4.79 Å². The number of amides is 1. The zero-order valence-electron chi connectivity index (χ0n) is 12.3. The lowest BCUT2D eigenvalue weighted by atomic mass is 10.1. The van der Waals surface area contributed by atoms with Gasteiger partial charge in [-0.1, -0.05) is 36.4 Å². The Morgan fingerprint density at radius 2 is 1.74 bits per heavy atom. The molecule has 6 heteroatoms. The van der Waals surface area contributed by atoms with Crippen LogP contribution in [0.4, 0.5) is 13.2 Å². The van der Waals surface area contributed by atoms with Crippen LogP contribution < -0.4 is 0 Å². The van der Waals surface area contributed by atoms with E-state index < -0.39 is 17.6 Å².